The van der Waals surface area contributed by atoms with E-state index in [1.165, 1.54) is 0 Å². The summed E-state index contributed by atoms with van der Waals surface area (Å²) in [4.78, 5) is 16.6. The first-order valence-electron chi connectivity index (χ1n) is 4.88. The van der Waals surface area contributed by atoms with E-state index in [1.54, 1.807) is 19.4 Å². The molecule has 80 valence electrons. The molecule has 15 heavy (non-hydrogen) atoms. The van der Waals surface area contributed by atoms with E-state index in [1.807, 2.05) is 6.07 Å². The van der Waals surface area contributed by atoms with Gasteiger partial charge in [0.15, 0.2) is 6.29 Å². The molecule has 0 unspecified atom stereocenters. The van der Waals surface area contributed by atoms with Crippen molar-refractivity contribution < 1.29 is 9.53 Å². The van der Waals surface area contributed by atoms with Gasteiger partial charge in [-0.2, -0.15) is 0 Å². The lowest BCUT2D eigenvalue weighted by atomic mass is 9.96. The largest absolute Gasteiger partial charge is 0.375 e. The summed E-state index contributed by atoms with van der Waals surface area (Å²) in [7, 11) is 1.73. The number of aldehydes is 1. The zero-order valence-corrected chi connectivity index (χ0v) is 8.93. The Balaban J connectivity index is 2.04. The van der Waals surface area contributed by atoms with Crippen LogP contribution in [0, 0.1) is 0 Å². The van der Waals surface area contributed by atoms with Gasteiger partial charge in [0.25, 0.3) is 0 Å². The molecule has 0 amide bonds. The third-order valence-electron chi connectivity index (χ3n) is 2.80. The number of anilines is 1. The van der Waals surface area contributed by atoms with Crippen molar-refractivity contribution in [2.45, 2.75) is 12.5 Å². The van der Waals surface area contributed by atoms with Crippen LogP contribution in [0.3, 0.4) is 0 Å². The lowest BCUT2D eigenvalue weighted by Crippen LogP contribution is -2.61. The van der Waals surface area contributed by atoms with Crippen molar-refractivity contribution in [3.8, 4) is 0 Å². The molecule has 1 aliphatic heterocycles. The van der Waals surface area contributed by atoms with Crippen LogP contribution in [0.5, 0.6) is 0 Å². The zero-order valence-electron chi connectivity index (χ0n) is 8.93. The van der Waals surface area contributed by atoms with Crippen LogP contribution < -0.4 is 4.90 Å². The monoisotopic (exact) mass is 206 g/mol. The Morgan fingerprint density at radius 2 is 2.27 bits per heavy atom. The molecule has 1 fully saturated rings. The molecule has 2 rings (SSSR count). The lowest BCUT2D eigenvalue weighted by Gasteiger charge is -2.48. The first-order valence-corrected chi connectivity index (χ1v) is 4.88. The number of methoxy groups -OCH3 is 1. The Kier molecular flexibility index (Phi) is 2.44. The summed E-state index contributed by atoms with van der Waals surface area (Å²) in [5, 5.41) is 0. The van der Waals surface area contributed by atoms with Crippen LogP contribution in [0.4, 0.5) is 5.69 Å². The maximum absolute atomic E-state index is 10.4. The highest BCUT2D eigenvalue weighted by atomic mass is 16.5. The number of carbonyl (C=O) groups excluding carboxylic acids is 1. The molecule has 0 spiro atoms. The first-order chi connectivity index (χ1) is 7.17. The van der Waals surface area contributed by atoms with Gasteiger partial charge in [0, 0.05) is 20.2 Å². The summed E-state index contributed by atoms with van der Waals surface area (Å²) in [6.07, 6.45) is 2.47. The van der Waals surface area contributed by atoms with E-state index in [2.05, 4.69) is 16.8 Å². The molecular formula is C11H14N2O2. The molecule has 0 saturated carbocycles. The van der Waals surface area contributed by atoms with Gasteiger partial charge in [-0.3, -0.25) is 9.78 Å². The molecule has 0 radical (unpaired) electrons. The molecule has 1 aliphatic rings. The van der Waals surface area contributed by atoms with E-state index in [0.29, 0.717) is 5.69 Å². The molecule has 0 aromatic carbocycles. The van der Waals surface area contributed by atoms with Crippen molar-refractivity contribution in [1.29, 1.82) is 0 Å². The second kappa shape index (κ2) is 3.62. The fourth-order valence-corrected chi connectivity index (χ4v) is 1.73. The van der Waals surface area contributed by atoms with Crippen molar-refractivity contribution in [3.63, 3.8) is 0 Å². The Bertz CT molecular complexity index is 355. The predicted molar refractivity (Wildman–Crippen MR) is 57.3 cm³/mol. The van der Waals surface area contributed by atoms with Gasteiger partial charge in [-0.25, -0.2) is 0 Å². The number of aromatic nitrogens is 1. The van der Waals surface area contributed by atoms with Crippen LogP contribution in [-0.2, 0) is 4.74 Å². The maximum atomic E-state index is 10.4. The van der Waals surface area contributed by atoms with Gasteiger partial charge < -0.3 is 9.64 Å². The van der Waals surface area contributed by atoms with E-state index in [0.717, 1.165) is 25.1 Å². The van der Waals surface area contributed by atoms with Gasteiger partial charge >= 0.3 is 0 Å². The molecule has 0 bridgehead atoms. The Morgan fingerprint density at radius 1 is 1.53 bits per heavy atom. The van der Waals surface area contributed by atoms with Gasteiger partial charge in [0.05, 0.1) is 17.5 Å². The topological polar surface area (TPSA) is 42.4 Å². The molecule has 0 atom stereocenters. The van der Waals surface area contributed by atoms with E-state index in [9.17, 15) is 4.79 Å². The number of hydrogen-bond acceptors (Lipinski definition) is 4. The van der Waals surface area contributed by atoms with E-state index in [-0.39, 0.29) is 5.60 Å². The minimum atomic E-state index is -0.0384. The third-order valence-corrected chi connectivity index (χ3v) is 2.80. The summed E-state index contributed by atoms with van der Waals surface area (Å²) in [5.41, 5.74) is 1.47. The molecule has 1 saturated heterocycles. The van der Waals surface area contributed by atoms with E-state index >= 15 is 0 Å². The minimum absolute atomic E-state index is 0.0384. The number of nitrogens with zero attached hydrogens (tertiary/aromatic N) is 2. The Hall–Kier alpha value is -1.42. The molecular weight excluding hydrogens is 192 g/mol. The average molecular weight is 206 g/mol. The molecule has 4 heteroatoms. The fourth-order valence-electron chi connectivity index (χ4n) is 1.73. The van der Waals surface area contributed by atoms with Crippen molar-refractivity contribution in [2.75, 3.05) is 25.1 Å². The third kappa shape index (κ3) is 1.85. The Labute approximate surface area is 88.9 Å². The number of ether oxygens (including phenoxy) is 1. The quantitative estimate of drug-likeness (QED) is 0.695. The lowest BCUT2D eigenvalue weighted by molar-refractivity contribution is -0.0168. The molecule has 0 aliphatic carbocycles. The summed E-state index contributed by atoms with van der Waals surface area (Å²) in [6, 6.07) is 3.64. The molecule has 1 aromatic rings. The predicted octanol–water partition coefficient (Wildman–Crippen LogP) is 1.12. The van der Waals surface area contributed by atoms with Gasteiger partial charge in [0.1, 0.15) is 5.69 Å². The fraction of sp³-hybridized carbons (Fsp3) is 0.455. The minimum Gasteiger partial charge on any atom is -0.375 e. The highest BCUT2D eigenvalue weighted by Gasteiger charge is 2.38. The van der Waals surface area contributed by atoms with Crippen LogP contribution >= 0.6 is 0 Å². The van der Waals surface area contributed by atoms with E-state index < -0.39 is 0 Å². The molecule has 4 nitrogen and oxygen atoms in total. The van der Waals surface area contributed by atoms with Crippen molar-refractivity contribution >= 4 is 12.0 Å². The summed E-state index contributed by atoms with van der Waals surface area (Å²) in [5.74, 6) is 0. The van der Waals surface area contributed by atoms with Gasteiger partial charge in [0.2, 0.25) is 0 Å². The van der Waals surface area contributed by atoms with Gasteiger partial charge in [-0.05, 0) is 19.1 Å². The standard InChI is InChI=1S/C11H14N2O2/c1-11(15-2)7-13(8-11)10-4-3-9(6-14)12-5-10/h3-6H,7-8H2,1-2H3. The maximum Gasteiger partial charge on any atom is 0.168 e. The van der Waals surface area contributed by atoms with Crippen LogP contribution in [0.15, 0.2) is 18.3 Å². The summed E-state index contributed by atoms with van der Waals surface area (Å²) in [6.45, 7) is 3.81. The first kappa shape index (κ1) is 10.1. The number of pyridine rings is 1. The summed E-state index contributed by atoms with van der Waals surface area (Å²) < 4.78 is 5.35. The second-order valence-corrected chi connectivity index (χ2v) is 4.07. The Morgan fingerprint density at radius 3 is 2.73 bits per heavy atom. The van der Waals surface area contributed by atoms with Crippen LogP contribution in [-0.4, -0.2) is 37.1 Å². The summed E-state index contributed by atoms with van der Waals surface area (Å²) >= 11 is 0. The SMILES string of the molecule is COC1(C)CN(c2ccc(C=O)nc2)C1. The number of hydrogen-bond donors (Lipinski definition) is 0. The normalized spacial score (nSPS) is 18.4. The average Bonchev–Trinajstić information content (AvgIpc) is 2.25. The van der Waals surface area contributed by atoms with Gasteiger partial charge in [-0.15, -0.1) is 0 Å². The van der Waals surface area contributed by atoms with Crippen molar-refractivity contribution in [3.05, 3.63) is 24.0 Å². The van der Waals surface area contributed by atoms with Crippen molar-refractivity contribution in [1.82, 2.24) is 4.98 Å². The van der Waals surface area contributed by atoms with Crippen LogP contribution in [0.1, 0.15) is 17.4 Å². The molecule has 2 heterocycles. The van der Waals surface area contributed by atoms with Crippen molar-refractivity contribution in [2.24, 2.45) is 0 Å². The molecule has 1 aromatic heterocycles. The smallest absolute Gasteiger partial charge is 0.168 e. The zero-order chi connectivity index (χ0) is 10.9. The van der Waals surface area contributed by atoms with Crippen LogP contribution in [0.2, 0.25) is 0 Å². The second-order valence-electron chi connectivity index (χ2n) is 4.07. The number of carbonyl (C=O) groups is 1. The highest BCUT2D eigenvalue weighted by Crippen LogP contribution is 2.28. The number of rotatable bonds is 3. The molecule has 0 N–H and O–H groups in total. The highest BCUT2D eigenvalue weighted by molar-refractivity contribution is 5.72. The van der Waals surface area contributed by atoms with E-state index in [4.69, 9.17) is 4.74 Å². The van der Waals surface area contributed by atoms with Crippen LogP contribution in [0.25, 0.3) is 0 Å². The van der Waals surface area contributed by atoms with Gasteiger partial charge in [-0.1, -0.05) is 0 Å².